The first-order chi connectivity index (χ1) is 9.45. The molecule has 0 spiro atoms. The van der Waals surface area contributed by atoms with Gasteiger partial charge in [0.05, 0.1) is 0 Å². The molecule has 3 nitrogen and oxygen atoms in total. The molecule has 0 saturated carbocycles. The molecule has 0 radical (unpaired) electrons. The van der Waals surface area contributed by atoms with Gasteiger partial charge < -0.3 is 15.5 Å². The summed E-state index contributed by atoms with van der Waals surface area (Å²) in [4.78, 5) is 4.60. The molecule has 1 fully saturated rings. The lowest BCUT2D eigenvalue weighted by Crippen LogP contribution is -2.32. The number of likely N-dealkylation sites (tertiary alicyclic amines) is 1. The van der Waals surface area contributed by atoms with Crippen LogP contribution in [-0.4, -0.2) is 49.6 Å². The fourth-order valence-electron chi connectivity index (χ4n) is 2.71. The Labute approximate surface area is 119 Å². The molecular weight excluding hydrogens is 260 g/mol. The molecule has 1 aliphatic rings. The fourth-order valence-corrected chi connectivity index (χ4v) is 2.71. The zero-order chi connectivity index (χ0) is 14.7. The lowest BCUT2D eigenvalue weighted by atomic mass is 10.0. The van der Waals surface area contributed by atoms with E-state index in [0.29, 0.717) is 18.0 Å². The molecule has 2 rings (SSSR count). The van der Waals surface area contributed by atoms with Crippen molar-refractivity contribution in [3.05, 3.63) is 35.4 Å². The van der Waals surface area contributed by atoms with Gasteiger partial charge in [0.25, 0.3) is 0 Å². The van der Waals surface area contributed by atoms with Crippen LogP contribution in [0.5, 0.6) is 0 Å². The van der Waals surface area contributed by atoms with Crippen LogP contribution in [0, 0.1) is 11.6 Å². The minimum Gasteiger partial charge on any atom is -0.324 e. The summed E-state index contributed by atoms with van der Waals surface area (Å²) in [7, 11) is 4.19. The van der Waals surface area contributed by atoms with Crippen LogP contribution >= 0.6 is 0 Å². The maximum atomic E-state index is 13.2. The standard InChI is InChI=1S/C15H23F2N3/c1-19(2)14-3-5-20(10-14)6-4-15(18)11-7-12(16)9-13(17)8-11/h7-9,14-15H,3-6,10,18H2,1-2H3. The van der Waals surface area contributed by atoms with Crippen molar-refractivity contribution in [1.82, 2.24) is 9.80 Å². The maximum absolute atomic E-state index is 13.2. The second kappa shape index (κ2) is 6.61. The van der Waals surface area contributed by atoms with E-state index in [9.17, 15) is 8.78 Å². The van der Waals surface area contributed by atoms with Gasteiger partial charge in [-0.2, -0.15) is 0 Å². The van der Waals surface area contributed by atoms with Crippen LogP contribution in [0.15, 0.2) is 18.2 Å². The van der Waals surface area contributed by atoms with E-state index in [-0.39, 0.29) is 6.04 Å². The molecule has 2 unspecified atom stereocenters. The normalized spacial score (nSPS) is 21.6. The Morgan fingerprint density at radius 3 is 2.50 bits per heavy atom. The Morgan fingerprint density at radius 2 is 1.95 bits per heavy atom. The first kappa shape index (κ1) is 15.4. The minimum absolute atomic E-state index is 0.321. The molecule has 1 aromatic rings. The number of rotatable bonds is 5. The number of hydrogen-bond acceptors (Lipinski definition) is 3. The summed E-state index contributed by atoms with van der Waals surface area (Å²) in [6, 6.07) is 3.79. The first-order valence-corrected chi connectivity index (χ1v) is 7.06. The highest BCUT2D eigenvalue weighted by Crippen LogP contribution is 2.19. The topological polar surface area (TPSA) is 32.5 Å². The third kappa shape index (κ3) is 3.98. The van der Waals surface area contributed by atoms with Crippen molar-refractivity contribution >= 4 is 0 Å². The van der Waals surface area contributed by atoms with Crippen molar-refractivity contribution in [2.24, 2.45) is 5.73 Å². The number of nitrogens with two attached hydrogens (primary N) is 1. The van der Waals surface area contributed by atoms with E-state index >= 15 is 0 Å². The molecule has 1 aromatic carbocycles. The average molecular weight is 283 g/mol. The largest absolute Gasteiger partial charge is 0.324 e. The number of benzene rings is 1. The molecule has 0 aliphatic carbocycles. The van der Waals surface area contributed by atoms with Crippen LogP contribution in [-0.2, 0) is 0 Å². The van der Waals surface area contributed by atoms with E-state index in [1.165, 1.54) is 12.1 Å². The number of halogens is 2. The number of likely N-dealkylation sites (N-methyl/N-ethyl adjacent to an activating group) is 1. The third-order valence-corrected chi connectivity index (χ3v) is 4.05. The Kier molecular flexibility index (Phi) is 5.07. The van der Waals surface area contributed by atoms with Crippen LogP contribution < -0.4 is 5.73 Å². The Morgan fingerprint density at radius 1 is 1.30 bits per heavy atom. The van der Waals surface area contributed by atoms with Gasteiger partial charge in [0.1, 0.15) is 11.6 Å². The third-order valence-electron chi connectivity index (χ3n) is 4.05. The number of hydrogen-bond donors (Lipinski definition) is 1. The fraction of sp³-hybridized carbons (Fsp3) is 0.600. The van der Waals surface area contributed by atoms with Gasteiger partial charge in [-0.25, -0.2) is 8.78 Å². The summed E-state index contributed by atoms with van der Waals surface area (Å²) in [5, 5.41) is 0. The maximum Gasteiger partial charge on any atom is 0.126 e. The minimum atomic E-state index is -0.565. The van der Waals surface area contributed by atoms with Crippen molar-refractivity contribution in [3.63, 3.8) is 0 Å². The number of nitrogens with zero attached hydrogens (tertiary/aromatic N) is 2. The van der Waals surface area contributed by atoms with Crippen LogP contribution in [0.2, 0.25) is 0 Å². The molecule has 1 heterocycles. The highest BCUT2D eigenvalue weighted by molar-refractivity contribution is 5.21. The van der Waals surface area contributed by atoms with Crippen molar-refractivity contribution in [2.75, 3.05) is 33.7 Å². The molecule has 0 bridgehead atoms. The molecule has 2 N–H and O–H groups in total. The van der Waals surface area contributed by atoms with Crippen molar-refractivity contribution in [2.45, 2.75) is 24.9 Å². The van der Waals surface area contributed by atoms with E-state index < -0.39 is 11.6 Å². The Bertz CT molecular complexity index is 430. The monoisotopic (exact) mass is 283 g/mol. The molecule has 0 amide bonds. The Balaban J connectivity index is 1.85. The SMILES string of the molecule is CN(C)C1CCN(CCC(N)c2cc(F)cc(F)c2)C1. The first-order valence-electron chi connectivity index (χ1n) is 7.06. The van der Waals surface area contributed by atoms with E-state index in [1.54, 1.807) is 0 Å². The second-order valence-electron chi connectivity index (χ2n) is 5.80. The molecule has 5 heteroatoms. The predicted octanol–water partition coefficient (Wildman–Crippen LogP) is 1.99. The summed E-state index contributed by atoms with van der Waals surface area (Å²) in [5.41, 5.74) is 6.57. The van der Waals surface area contributed by atoms with E-state index in [2.05, 4.69) is 23.9 Å². The van der Waals surface area contributed by atoms with E-state index in [0.717, 1.165) is 32.1 Å². The molecule has 1 aliphatic heterocycles. The summed E-state index contributed by atoms with van der Waals surface area (Å²) in [5.74, 6) is -1.13. The van der Waals surface area contributed by atoms with Crippen molar-refractivity contribution < 1.29 is 8.78 Å². The van der Waals surface area contributed by atoms with Gasteiger partial charge in [0.2, 0.25) is 0 Å². The second-order valence-corrected chi connectivity index (χ2v) is 5.80. The molecule has 0 aromatic heterocycles. The van der Waals surface area contributed by atoms with Crippen molar-refractivity contribution in [3.8, 4) is 0 Å². The highest BCUT2D eigenvalue weighted by Gasteiger charge is 2.24. The van der Waals surface area contributed by atoms with Crippen LogP contribution in [0.4, 0.5) is 8.78 Å². The molecule has 112 valence electrons. The van der Waals surface area contributed by atoms with Crippen LogP contribution in [0.1, 0.15) is 24.4 Å². The molecular formula is C15H23F2N3. The molecule has 2 atom stereocenters. The molecule has 20 heavy (non-hydrogen) atoms. The summed E-state index contributed by atoms with van der Waals surface area (Å²) in [6.45, 7) is 2.97. The van der Waals surface area contributed by atoms with Gasteiger partial charge in [0, 0.05) is 31.2 Å². The van der Waals surface area contributed by atoms with Gasteiger partial charge in [-0.05, 0) is 51.2 Å². The predicted molar refractivity (Wildman–Crippen MR) is 76.4 cm³/mol. The quantitative estimate of drug-likeness (QED) is 0.897. The zero-order valence-corrected chi connectivity index (χ0v) is 12.1. The highest BCUT2D eigenvalue weighted by atomic mass is 19.1. The van der Waals surface area contributed by atoms with Gasteiger partial charge in [-0.3, -0.25) is 0 Å². The summed E-state index contributed by atoms with van der Waals surface area (Å²) in [6.07, 6.45) is 1.87. The summed E-state index contributed by atoms with van der Waals surface area (Å²) >= 11 is 0. The van der Waals surface area contributed by atoms with E-state index in [1.807, 2.05) is 0 Å². The Hall–Kier alpha value is -1.04. The van der Waals surface area contributed by atoms with Crippen molar-refractivity contribution in [1.29, 1.82) is 0 Å². The summed E-state index contributed by atoms with van der Waals surface area (Å²) < 4.78 is 26.3. The average Bonchev–Trinajstić information content (AvgIpc) is 2.83. The van der Waals surface area contributed by atoms with E-state index in [4.69, 9.17) is 5.73 Å². The van der Waals surface area contributed by atoms with Gasteiger partial charge >= 0.3 is 0 Å². The molecule has 1 saturated heterocycles. The van der Waals surface area contributed by atoms with Crippen LogP contribution in [0.25, 0.3) is 0 Å². The van der Waals surface area contributed by atoms with Gasteiger partial charge in [-0.15, -0.1) is 0 Å². The zero-order valence-electron chi connectivity index (χ0n) is 12.1. The van der Waals surface area contributed by atoms with Crippen LogP contribution in [0.3, 0.4) is 0 Å². The van der Waals surface area contributed by atoms with Gasteiger partial charge in [0.15, 0.2) is 0 Å². The lowest BCUT2D eigenvalue weighted by Gasteiger charge is -2.21. The van der Waals surface area contributed by atoms with Gasteiger partial charge in [-0.1, -0.05) is 0 Å². The smallest absolute Gasteiger partial charge is 0.126 e. The lowest BCUT2D eigenvalue weighted by molar-refractivity contribution is 0.263.